The minimum atomic E-state index is -4.11. The molecule has 0 spiro atoms. The number of tetrazole rings is 1. The number of benzene rings is 2. The molecular weight excluding hydrogens is 428 g/mol. The van der Waals surface area contributed by atoms with Gasteiger partial charge in [0.1, 0.15) is 0 Å². The molecule has 0 bridgehead atoms. The van der Waals surface area contributed by atoms with Crippen LogP contribution in [0.2, 0.25) is 5.02 Å². The van der Waals surface area contributed by atoms with E-state index in [4.69, 9.17) is 11.6 Å². The summed E-state index contributed by atoms with van der Waals surface area (Å²) in [4.78, 5) is 10.2. The van der Waals surface area contributed by atoms with Crippen LogP contribution in [0.3, 0.4) is 0 Å². The van der Waals surface area contributed by atoms with E-state index in [-0.39, 0.29) is 26.9 Å². The fourth-order valence-corrected chi connectivity index (χ4v) is 4.18. The number of nitrogens with one attached hydrogen (secondary N) is 1. The summed E-state index contributed by atoms with van der Waals surface area (Å²) < 4.78 is 29.3. The van der Waals surface area contributed by atoms with E-state index in [1.165, 1.54) is 41.6 Å². The molecule has 1 aromatic heterocycles. The number of nitro groups is 1. The quantitative estimate of drug-likeness (QED) is 0.351. The third-order valence-electron chi connectivity index (χ3n) is 3.76. The normalized spacial score (nSPS) is 11.4. The number of thioether (sulfide) groups is 1. The molecule has 0 fully saturated rings. The molecule has 28 heavy (non-hydrogen) atoms. The minimum Gasteiger partial charge on any atom is -0.280 e. The first-order valence-corrected chi connectivity index (χ1v) is 10.7. The monoisotopic (exact) mass is 440 g/mol. The van der Waals surface area contributed by atoms with Gasteiger partial charge in [-0.2, -0.15) is 4.68 Å². The fourth-order valence-electron chi connectivity index (χ4n) is 2.37. The lowest BCUT2D eigenvalue weighted by atomic mass is 10.2. The average Bonchev–Trinajstić information content (AvgIpc) is 3.12. The number of sulfonamides is 1. The van der Waals surface area contributed by atoms with Gasteiger partial charge < -0.3 is 0 Å². The van der Waals surface area contributed by atoms with Gasteiger partial charge in [-0.05, 0) is 47.9 Å². The van der Waals surface area contributed by atoms with Gasteiger partial charge in [-0.3, -0.25) is 14.8 Å². The summed E-state index contributed by atoms with van der Waals surface area (Å²) in [5, 5.41) is 23.0. The highest BCUT2D eigenvalue weighted by molar-refractivity contribution is 7.98. The van der Waals surface area contributed by atoms with Crippen molar-refractivity contribution in [3.8, 4) is 5.69 Å². The molecule has 146 valence electrons. The zero-order valence-corrected chi connectivity index (χ0v) is 16.9. The molecule has 0 atom stereocenters. The maximum Gasteiger partial charge on any atom is 0.275 e. The topological polar surface area (TPSA) is 133 Å². The molecule has 0 aliphatic rings. The van der Waals surface area contributed by atoms with Gasteiger partial charge in [0.2, 0.25) is 5.16 Å². The molecular formula is C15H13ClN6O4S2. The van der Waals surface area contributed by atoms with E-state index < -0.39 is 14.9 Å². The van der Waals surface area contributed by atoms with E-state index in [0.29, 0.717) is 10.8 Å². The van der Waals surface area contributed by atoms with Gasteiger partial charge in [0.05, 0.1) is 26.2 Å². The molecule has 13 heteroatoms. The number of hydrogen-bond acceptors (Lipinski definition) is 8. The Morgan fingerprint density at radius 2 is 2.04 bits per heavy atom. The Morgan fingerprint density at radius 1 is 1.29 bits per heavy atom. The summed E-state index contributed by atoms with van der Waals surface area (Å²) in [5.74, 6) is 0. The average molecular weight is 441 g/mol. The molecule has 0 aliphatic carbocycles. The Kier molecular flexibility index (Phi) is 5.54. The standard InChI is InChI=1S/C15H13ClN6O4S2/c1-9-13(16)7-12(8-14(9)22(23)24)28(25,26)18-10-4-3-5-11(6-10)21-15(27-2)17-19-20-21/h3-8,18H,1-2H3. The summed E-state index contributed by atoms with van der Waals surface area (Å²) >= 11 is 7.30. The molecule has 1 heterocycles. The van der Waals surface area contributed by atoms with Gasteiger partial charge in [0, 0.05) is 11.6 Å². The summed E-state index contributed by atoms with van der Waals surface area (Å²) in [6.45, 7) is 1.45. The molecule has 0 amide bonds. The SMILES string of the molecule is CSc1nnnn1-c1cccc(NS(=O)(=O)c2cc(Cl)c(C)c([N+](=O)[O-])c2)c1. The van der Waals surface area contributed by atoms with Gasteiger partial charge >= 0.3 is 0 Å². The van der Waals surface area contributed by atoms with Crippen LogP contribution in [-0.2, 0) is 10.0 Å². The van der Waals surface area contributed by atoms with Crippen LogP contribution in [0.4, 0.5) is 11.4 Å². The Morgan fingerprint density at radius 3 is 2.71 bits per heavy atom. The molecule has 2 aromatic carbocycles. The molecule has 0 aliphatic heterocycles. The van der Waals surface area contributed by atoms with Crippen molar-refractivity contribution >= 4 is 44.8 Å². The Bertz CT molecular complexity index is 1170. The molecule has 3 rings (SSSR count). The highest BCUT2D eigenvalue weighted by Gasteiger charge is 2.23. The highest BCUT2D eigenvalue weighted by atomic mass is 35.5. The first-order valence-electron chi connectivity index (χ1n) is 7.63. The Hall–Kier alpha value is -2.70. The number of aromatic nitrogens is 4. The van der Waals surface area contributed by atoms with Gasteiger partial charge in [-0.25, -0.2) is 8.42 Å². The Labute approximate surface area is 169 Å². The highest BCUT2D eigenvalue weighted by Crippen LogP contribution is 2.30. The van der Waals surface area contributed by atoms with Crippen molar-refractivity contribution in [3.63, 3.8) is 0 Å². The number of nitrogens with zero attached hydrogens (tertiary/aromatic N) is 5. The second kappa shape index (κ2) is 7.73. The molecule has 10 nitrogen and oxygen atoms in total. The zero-order chi connectivity index (χ0) is 20.5. The molecule has 0 unspecified atom stereocenters. The molecule has 3 aromatic rings. The van der Waals surface area contributed by atoms with Crippen molar-refractivity contribution < 1.29 is 13.3 Å². The molecule has 1 N–H and O–H groups in total. The predicted molar refractivity (Wildman–Crippen MR) is 105 cm³/mol. The lowest BCUT2D eigenvalue weighted by Crippen LogP contribution is -2.14. The van der Waals surface area contributed by atoms with Crippen LogP contribution in [-0.4, -0.2) is 39.8 Å². The van der Waals surface area contributed by atoms with Gasteiger partial charge in [0.25, 0.3) is 15.7 Å². The van der Waals surface area contributed by atoms with E-state index in [9.17, 15) is 18.5 Å². The number of hydrogen-bond donors (Lipinski definition) is 1. The number of halogens is 1. The van der Waals surface area contributed by atoms with E-state index in [0.717, 1.165) is 6.07 Å². The first-order chi connectivity index (χ1) is 13.2. The number of rotatable bonds is 6. The third kappa shape index (κ3) is 3.93. The second-order valence-corrected chi connectivity index (χ2v) is 8.40. The third-order valence-corrected chi connectivity index (χ3v) is 6.14. The van der Waals surface area contributed by atoms with Crippen LogP contribution in [0.5, 0.6) is 0 Å². The first kappa shape index (κ1) is 20.0. The van der Waals surface area contributed by atoms with Gasteiger partial charge in [-0.15, -0.1) is 5.10 Å². The number of anilines is 1. The molecule has 0 saturated heterocycles. The van der Waals surface area contributed by atoms with Crippen LogP contribution in [0, 0.1) is 17.0 Å². The molecule has 0 saturated carbocycles. The Balaban J connectivity index is 1.98. The smallest absolute Gasteiger partial charge is 0.275 e. The van der Waals surface area contributed by atoms with Crippen LogP contribution in [0.25, 0.3) is 5.69 Å². The maximum absolute atomic E-state index is 12.7. The van der Waals surface area contributed by atoms with E-state index >= 15 is 0 Å². The number of nitro benzene ring substituents is 1. The van der Waals surface area contributed by atoms with E-state index in [1.54, 1.807) is 12.1 Å². The van der Waals surface area contributed by atoms with Crippen molar-refractivity contribution in [1.82, 2.24) is 20.2 Å². The minimum absolute atomic E-state index is 0.0124. The predicted octanol–water partition coefficient (Wildman–Crippen LogP) is 3.06. The summed E-state index contributed by atoms with van der Waals surface area (Å²) in [6.07, 6.45) is 1.81. The largest absolute Gasteiger partial charge is 0.280 e. The molecule has 0 radical (unpaired) electrons. The van der Waals surface area contributed by atoms with Crippen molar-refractivity contribution in [1.29, 1.82) is 0 Å². The van der Waals surface area contributed by atoms with Crippen LogP contribution >= 0.6 is 23.4 Å². The van der Waals surface area contributed by atoms with Crippen LogP contribution < -0.4 is 4.72 Å². The lowest BCUT2D eigenvalue weighted by Gasteiger charge is -2.11. The van der Waals surface area contributed by atoms with Crippen molar-refractivity contribution in [3.05, 3.63) is 57.1 Å². The van der Waals surface area contributed by atoms with Crippen molar-refractivity contribution in [2.75, 3.05) is 11.0 Å². The van der Waals surface area contributed by atoms with E-state index in [2.05, 4.69) is 20.2 Å². The zero-order valence-electron chi connectivity index (χ0n) is 14.5. The van der Waals surface area contributed by atoms with Crippen LogP contribution in [0.15, 0.2) is 46.5 Å². The summed E-state index contributed by atoms with van der Waals surface area (Å²) in [7, 11) is -4.11. The lowest BCUT2D eigenvalue weighted by molar-refractivity contribution is -0.385. The second-order valence-electron chi connectivity index (χ2n) is 5.54. The summed E-state index contributed by atoms with van der Waals surface area (Å²) in [5.41, 5.74) is 0.595. The van der Waals surface area contributed by atoms with E-state index in [1.807, 2.05) is 6.26 Å². The fraction of sp³-hybridized carbons (Fsp3) is 0.133. The van der Waals surface area contributed by atoms with Crippen LogP contribution in [0.1, 0.15) is 5.56 Å². The van der Waals surface area contributed by atoms with Crippen molar-refractivity contribution in [2.24, 2.45) is 0 Å². The van der Waals surface area contributed by atoms with Gasteiger partial charge in [-0.1, -0.05) is 29.4 Å². The van der Waals surface area contributed by atoms with Crippen molar-refractivity contribution in [2.45, 2.75) is 17.0 Å². The maximum atomic E-state index is 12.7. The van der Waals surface area contributed by atoms with Gasteiger partial charge in [0.15, 0.2) is 0 Å². The summed E-state index contributed by atoms with van der Waals surface area (Å²) in [6, 6.07) is 8.56.